The fraction of sp³-hybridized carbons (Fsp3) is 0.905. The predicted octanol–water partition coefficient (Wildman–Crippen LogP) is 24.9. The number of esters is 4. The molecule has 3 N–H and O–H groups in total. The topological polar surface area (TPSA) is 237 Å². The van der Waals surface area contributed by atoms with E-state index in [0.717, 1.165) is 121 Å². The second-order valence-electron chi connectivity index (χ2n) is 31.0. The number of allylic oxidation sites excluding steroid dienone is 4. The molecule has 3 unspecified atom stereocenters. The number of hydrogen-bond donors (Lipinski definition) is 3. The third-order valence-corrected chi connectivity index (χ3v) is 20.9. The van der Waals surface area contributed by atoms with E-state index < -0.39 is 97.5 Å². The summed E-state index contributed by atoms with van der Waals surface area (Å²) in [5, 5.41) is 10.7. The predicted molar refractivity (Wildman–Crippen MR) is 423 cm³/mol. The van der Waals surface area contributed by atoms with Gasteiger partial charge in [0, 0.05) is 25.7 Å². The van der Waals surface area contributed by atoms with Crippen LogP contribution in [0.15, 0.2) is 24.3 Å². The van der Waals surface area contributed by atoms with Crippen LogP contribution < -0.4 is 0 Å². The number of phosphoric ester groups is 2. The van der Waals surface area contributed by atoms with Gasteiger partial charge in [0.25, 0.3) is 0 Å². The van der Waals surface area contributed by atoms with Gasteiger partial charge in [-0.25, -0.2) is 9.13 Å². The Bertz CT molecular complexity index is 2090. The van der Waals surface area contributed by atoms with Gasteiger partial charge in [-0.2, -0.15) is 0 Å². The Kier molecular flexibility index (Phi) is 71.9. The van der Waals surface area contributed by atoms with E-state index in [-0.39, 0.29) is 25.7 Å². The fourth-order valence-corrected chi connectivity index (χ4v) is 14.1. The van der Waals surface area contributed by atoms with Crippen LogP contribution in [0.5, 0.6) is 0 Å². The zero-order valence-electron chi connectivity index (χ0n) is 67.3. The van der Waals surface area contributed by atoms with Crippen molar-refractivity contribution in [2.75, 3.05) is 39.6 Å². The highest BCUT2D eigenvalue weighted by Gasteiger charge is 2.30. The minimum atomic E-state index is -4.97. The normalized spacial score (nSPS) is 14.1. The second kappa shape index (κ2) is 73.7. The van der Waals surface area contributed by atoms with E-state index in [1.807, 2.05) is 0 Å². The summed E-state index contributed by atoms with van der Waals surface area (Å²) in [6.45, 7) is 11.9. The van der Waals surface area contributed by atoms with Gasteiger partial charge in [0.05, 0.1) is 26.4 Å². The first-order valence-corrected chi connectivity index (χ1v) is 45.7. The van der Waals surface area contributed by atoms with Gasteiger partial charge in [-0.3, -0.25) is 37.3 Å². The van der Waals surface area contributed by atoms with Gasteiger partial charge in [0.15, 0.2) is 12.2 Å². The molecule has 103 heavy (non-hydrogen) atoms. The first-order chi connectivity index (χ1) is 49.7. The Morgan fingerprint density at radius 2 is 0.524 bits per heavy atom. The molecule has 5 atom stereocenters. The van der Waals surface area contributed by atoms with Crippen molar-refractivity contribution < 1.29 is 80.2 Å². The molecule has 19 heteroatoms. The molecular formula is C84H160O17P2. The summed E-state index contributed by atoms with van der Waals surface area (Å²) < 4.78 is 68.7. The zero-order valence-corrected chi connectivity index (χ0v) is 69.1. The molecule has 0 heterocycles. The van der Waals surface area contributed by atoms with Crippen LogP contribution in [0.1, 0.15) is 414 Å². The molecule has 0 amide bonds. The van der Waals surface area contributed by atoms with Gasteiger partial charge in [0.2, 0.25) is 0 Å². The lowest BCUT2D eigenvalue weighted by atomic mass is 10.0. The molecule has 0 saturated heterocycles. The number of rotatable bonds is 80. The van der Waals surface area contributed by atoms with Gasteiger partial charge in [-0.1, -0.05) is 362 Å². The molecule has 0 aliphatic heterocycles. The lowest BCUT2D eigenvalue weighted by Gasteiger charge is -2.21. The molecule has 0 fully saturated rings. The number of hydrogen-bond acceptors (Lipinski definition) is 15. The van der Waals surface area contributed by atoms with E-state index in [9.17, 15) is 43.2 Å². The number of aliphatic hydroxyl groups excluding tert-OH is 1. The Morgan fingerprint density at radius 3 is 0.786 bits per heavy atom. The van der Waals surface area contributed by atoms with Crippen molar-refractivity contribution >= 4 is 39.5 Å². The van der Waals surface area contributed by atoms with Crippen LogP contribution >= 0.6 is 15.6 Å². The van der Waals surface area contributed by atoms with E-state index in [0.29, 0.717) is 31.6 Å². The number of ether oxygens (including phenoxy) is 4. The van der Waals surface area contributed by atoms with Crippen molar-refractivity contribution in [1.82, 2.24) is 0 Å². The maximum atomic E-state index is 13.1. The highest BCUT2D eigenvalue weighted by atomic mass is 31.2. The lowest BCUT2D eigenvalue weighted by molar-refractivity contribution is -0.161. The average molecular weight is 1500 g/mol. The quantitative estimate of drug-likeness (QED) is 0.0169. The molecule has 0 spiro atoms. The van der Waals surface area contributed by atoms with Gasteiger partial charge >= 0.3 is 39.5 Å². The molecule has 0 aromatic carbocycles. The van der Waals surface area contributed by atoms with Gasteiger partial charge in [-0.05, 0) is 69.1 Å². The Balaban J connectivity index is 5.26. The minimum Gasteiger partial charge on any atom is -0.462 e. The number of phosphoric acid groups is 2. The van der Waals surface area contributed by atoms with Crippen molar-refractivity contribution in [2.45, 2.75) is 433 Å². The standard InChI is InChI=1S/C84H160O17P2/c1-8-9-10-11-12-13-14-15-20-28-33-38-45-53-60-67-84(89)101-80(72-95-82(87)66-59-52-47-40-43-50-57-64-77(6)7)74-99-103(92,93)97-70-78(85)69-96-102(90,91)98-73-79(100-83(88)68-61-54-46-39-34-29-24-19-17-22-26-31-36-42-49-56-63-76(4)5)71-94-81(86)65-58-51-44-37-32-27-23-18-16-21-25-30-35-41-48-55-62-75(2)3/h13-15,20,75-80,85H,8-12,16-19,21-74H2,1-7H3,(H,90,91)(H,92,93)/b14-13-,20-15-/t78?,79-,80-/m1/s1. The van der Waals surface area contributed by atoms with E-state index in [4.69, 9.17) is 37.0 Å². The minimum absolute atomic E-state index is 0.0842. The summed E-state index contributed by atoms with van der Waals surface area (Å²) >= 11 is 0. The third kappa shape index (κ3) is 77.5. The van der Waals surface area contributed by atoms with E-state index >= 15 is 0 Å². The Labute approximate surface area is 631 Å². The van der Waals surface area contributed by atoms with E-state index in [1.165, 1.54) is 205 Å². The van der Waals surface area contributed by atoms with Crippen LogP contribution in [0.25, 0.3) is 0 Å². The monoisotopic (exact) mass is 1500 g/mol. The van der Waals surface area contributed by atoms with Crippen molar-refractivity contribution in [1.29, 1.82) is 0 Å². The van der Waals surface area contributed by atoms with Crippen molar-refractivity contribution in [3.63, 3.8) is 0 Å². The van der Waals surface area contributed by atoms with E-state index in [1.54, 1.807) is 0 Å². The number of unbranched alkanes of at least 4 members (excludes halogenated alkanes) is 45. The Hall–Kier alpha value is -2.46. The summed E-state index contributed by atoms with van der Waals surface area (Å²) in [7, 11) is -9.94. The zero-order chi connectivity index (χ0) is 75.8. The third-order valence-electron chi connectivity index (χ3n) is 19.0. The second-order valence-corrected chi connectivity index (χ2v) is 33.9. The van der Waals surface area contributed by atoms with E-state index in [2.05, 4.69) is 72.8 Å². The van der Waals surface area contributed by atoms with Crippen LogP contribution in [-0.4, -0.2) is 96.7 Å². The molecule has 0 aliphatic carbocycles. The lowest BCUT2D eigenvalue weighted by Crippen LogP contribution is -2.30. The van der Waals surface area contributed by atoms with Gasteiger partial charge < -0.3 is 33.8 Å². The SMILES string of the molecule is CCCCCC/C=C\C=C/CCCCCCCC(=O)O[C@H](COC(=O)CCCCCCCCCC(C)C)COP(=O)(O)OCC(O)COP(=O)(O)OC[C@@H](COC(=O)CCCCCCCCCCCCCCCCCCC(C)C)OC(=O)CCCCCCCCCCCCCCCCCCC(C)C. The summed E-state index contributed by atoms with van der Waals surface area (Å²) in [6, 6.07) is 0. The molecule has 0 aliphatic rings. The van der Waals surface area contributed by atoms with Gasteiger partial charge in [0.1, 0.15) is 19.3 Å². The molecule has 0 aromatic rings. The van der Waals surface area contributed by atoms with Crippen LogP contribution in [0.2, 0.25) is 0 Å². The average Bonchev–Trinajstić information content (AvgIpc) is 0.946. The molecule has 17 nitrogen and oxygen atoms in total. The van der Waals surface area contributed by atoms with Crippen molar-refractivity contribution in [3.8, 4) is 0 Å². The molecule has 0 aromatic heterocycles. The highest BCUT2D eigenvalue weighted by molar-refractivity contribution is 7.47. The van der Waals surface area contributed by atoms with Gasteiger partial charge in [-0.15, -0.1) is 0 Å². The fourth-order valence-electron chi connectivity index (χ4n) is 12.5. The number of carbonyl (C=O) groups is 4. The first-order valence-electron chi connectivity index (χ1n) is 42.7. The largest absolute Gasteiger partial charge is 0.472 e. The van der Waals surface area contributed by atoms with Crippen molar-refractivity contribution in [2.24, 2.45) is 17.8 Å². The maximum absolute atomic E-state index is 13.1. The summed E-state index contributed by atoms with van der Waals surface area (Å²) in [5.41, 5.74) is 0. The van der Waals surface area contributed by atoms with Crippen molar-refractivity contribution in [3.05, 3.63) is 24.3 Å². The van der Waals surface area contributed by atoms with Crippen LogP contribution in [-0.2, 0) is 65.4 Å². The number of aliphatic hydroxyl groups is 1. The first kappa shape index (κ1) is 101. The molecule has 0 saturated carbocycles. The smallest absolute Gasteiger partial charge is 0.462 e. The van der Waals surface area contributed by atoms with Crippen LogP contribution in [0.4, 0.5) is 0 Å². The summed E-state index contributed by atoms with van der Waals surface area (Å²) in [5.74, 6) is 0.182. The molecule has 608 valence electrons. The molecule has 0 rings (SSSR count). The number of carbonyl (C=O) groups excluding carboxylic acids is 4. The molecular weight excluding hydrogens is 1340 g/mol. The molecule has 0 bridgehead atoms. The summed E-state index contributed by atoms with van der Waals surface area (Å²) in [4.78, 5) is 73.1. The van der Waals surface area contributed by atoms with Crippen LogP contribution in [0, 0.1) is 17.8 Å². The Morgan fingerprint density at radius 1 is 0.301 bits per heavy atom. The maximum Gasteiger partial charge on any atom is 0.472 e. The molecule has 0 radical (unpaired) electrons. The summed E-state index contributed by atoms with van der Waals surface area (Å²) in [6.07, 6.45) is 66.2. The van der Waals surface area contributed by atoms with Crippen LogP contribution in [0.3, 0.4) is 0 Å². The highest BCUT2D eigenvalue weighted by Crippen LogP contribution is 2.45.